The standard InChI is InChI=1S/C71H125N2O6P/c1-6-8-10-12-14-16-18-20-22-24-26-28-30-32-33-34-35-36-37-38-39-41-43-45-47-49-51-53-55-57-59-61-63-65-71(75)72-69(68-79-80(76,77)78-67-66-73(3,4)5)70(74)64-62-60-58-56-54-52-50-48-46-44-42-40-31-29-27-25-23-21-19-17-15-13-11-9-7-2/h8,10,14,16,20,22,26,28,32-33,35-36,38-39,43,45,54,56,62,64,69-70,74H,6-7,9,11-13,15,17-19,21,23-25,27,29-31,34,37,40-42,44,46-53,55,57-61,63,65-68H2,1-5H3,(H-,72,75,76,77)/p+1/b10-8-,16-14-,22-20-,28-26-,33-32-,36-35-,39-38-,45-43-,56-54+,64-62+. The number of phosphoric ester groups is 1. The Morgan fingerprint density at radius 1 is 0.438 bits per heavy atom. The van der Waals surface area contributed by atoms with Crippen molar-refractivity contribution < 1.29 is 32.9 Å². The summed E-state index contributed by atoms with van der Waals surface area (Å²) in [6.07, 6.45) is 90.4. The number of hydrogen-bond donors (Lipinski definition) is 3. The normalized spacial score (nSPS) is 14.5. The molecule has 0 aromatic carbocycles. The molecular formula is C71H126N2O6P+. The molecule has 0 aliphatic carbocycles. The van der Waals surface area contributed by atoms with E-state index in [1.807, 2.05) is 27.2 Å². The minimum atomic E-state index is -4.37. The van der Waals surface area contributed by atoms with Gasteiger partial charge in [-0.15, -0.1) is 0 Å². The molecule has 3 atom stereocenters. The van der Waals surface area contributed by atoms with Gasteiger partial charge in [0.25, 0.3) is 0 Å². The molecule has 0 aromatic heterocycles. The SMILES string of the molecule is CC/C=C\C/C=C\C/C=C\C/C=C\C/C=C\C/C=C\C/C=C\C/C=C\CCCCCCCCCCC(=O)NC(COP(=O)(O)OCC[N+](C)(C)C)C(O)/C=C/CC/C=C/CCCCCCCCCCCCCCCCCCCCC. The number of allylic oxidation sites excluding steroid dienone is 19. The van der Waals surface area contributed by atoms with E-state index < -0.39 is 20.0 Å². The molecule has 460 valence electrons. The number of quaternary nitrogens is 1. The summed E-state index contributed by atoms with van der Waals surface area (Å²) in [7, 11) is 1.54. The number of hydrogen-bond acceptors (Lipinski definition) is 5. The van der Waals surface area contributed by atoms with Crippen LogP contribution in [-0.4, -0.2) is 73.4 Å². The number of carbonyl (C=O) groups excluding carboxylic acids is 1. The lowest BCUT2D eigenvalue weighted by Gasteiger charge is -2.25. The highest BCUT2D eigenvalue weighted by Gasteiger charge is 2.27. The van der Waals surface area contributed by atoms with E-state index in [4.69, 9.17) is 9.05 Å². The molecule has 0 spiro atoms. The van der Waals surface area contributed by atoms with E-state index in [1.165, 1.54) is 148 Å². The number of unbranched alkanes of at least 4 members (excludes halogenated alkanes) is 28. The van der Waals surface area contributed by atoms with E-state index in [0.29, 0.717) is 17.4 Å². The smallest absolute Gasteiger partial charge is 0.387 e. The Bertz CT molecular complexity index is 1720. The van der Waals surface area contributed by atoms with E-state index in [2.05, 4.69) is 129 Å². The monoisotopic (exact) mass is 1130 g/mol. The van der Waals surface area contributed by atoms with E-state index in [0.717, 1.165) is 103 Å². The summed E-state index contributed by atoms with van der Waals surface area (Å²) in [5, 5.41) is 14.0. The highest BCUT2D eigenvalue weighted by atomic mass is 31.2. The first-order chi connectivity index (χ1) is 39.0. The Morgan fingerprint density at radius 2 is 0.762 bits per heavy atom. The molecule has 0 aromatic rings. The third-order valence-corrected chi connectivity index (χ3v) is 15.1. The molecule has 0 fully saturated rings. The van der Waals surface area contributed by atoms with Crippen molar-refractivity contribution in [2.24, 2.45) is 0 Å². The first-order valence-corrected chi connectivity index (χ1v) is 34.4. The number of nitrogens with one attached hydrogen (secondary N) is 1. The number of phosphoric acid groups is 1. The van der Waals surface area contributed by atoms with Gasteiger partial charge in [-0.3, -0.25) is 13.8 Å². The largest absolute Gasteiger partial charge is 0.472 e. The molecule has 0 saturated carbocycles. The van der Waals surface area contributed by atoms with Crippen molar-refractivity contribution in [1.29, 1.82) is 0 Å². The van der Waals surface area contributed by atoms with E-state index in [9.17, 15) is 19.4 Å². The van der Waals surface area contributed by atoms with Crippen molar-refractivity contribution in [3.05, 3.63) is 122 Å². The van der Waals surface area contributed by atoms with Crippen molar-refractivity contribution in [2.75, 3.05) is 40.9 Å². The summed E-state index contributed by atoms with van der Waals surface area (Å²) >= 11 is 0. The van der Waals surface area contributed by atoms with E-state index >= 15 is 0 Å². The van der Waals surface area contributed by atoms with Crippen molar-refractivity contribution >= 4 is 13.7 Å². The topological polar surface area (TPSA) is 105 Å². The average molecular weight is 1130 g/mol. The van der Waals surface area contributed by atoms with Gasteiger partial charge in [0.1, 0.15) is 13.2 Å². The zero-order valence-corrected chi connectivity index (χ0v) is 53.4. The summed E-state index contributed by atoms with van der Waals surface area (Å²) in [5.41, 5.74) is 0. The molecule has 0 bridgehead atoms. The quantitative estimate of drug-likeness (QED) is 0.0243. The molecule has 0 rings (SSSR count). The number of aliphatic hydroxyl groups excluding tert-OH is 1. The maximum atomic E-state index is 13.0. The Balaban J connectivity index is 4.23. The minimum Gasteiger partial charge on any atom is -0.387 e. The van der Waals surface area contributed by atoms with Crippen LogP contribution in [-0.2, 0) is 18.4 Å². The van der Waals surface area contributed by atoms with Crippen molar-refractivity contribution in [1.82, 2.24) is 5.32 Å². The average Bonchev–Trinajstić information content (AvgIpc) is 3.42. The fourth-order valence-electron chi connectivity index (χ4n) is 9.07. The fraction of sp³-hybridized carbons (Fsp3) is 0.704. The van der Waals surface area contributed by atoms with Crippen LogP contribution in [0.2, 0.25) is 0 Å². The van der Waals surface area contributed by atoms with Gasteiger partial charge in [0.2, 0.25) is 5.91 Å². The van der Waals surface area contributed by atoms with Crippen LogP contribution < -0.4 is 5.32 Å². The summed E-state index contributed by atoms with van der Waals surface area (Å²) in [6, 6.07) is -0.878. The van der Waals surface area contributed by atoms with Gasteiger partial charge in [0.15, 0.2) is 0 Å². The van der Waals surface area contributed by atoms with Gasteiger partial charge in [-0.05, 0) is 96.3 Å². The minimum absolute atomic E-state index is 0.0485. The van der Waals surface area contributed by atoms with Crippen LogP contribution in [0.1, 0.15) is 271 Å². The fourth-order valence-corrected chi connectivity index (χ4v) is 9.81. The van der Waals surface area contributed by atoms with E-state index in [1.54, 1.807) is 6.08 Å². The van der Waals surface area contributed by atoms with Crippen LogP contribution in [0.25, 0.3) is 0 Å². The maximum absolute atomic E-state index is 13.0. The van der Waals surface area contributed by atoms with Crippen LogP contribution in [0.5, 0.6) is 0 Å². The molecule has 0 aliphatic heterocycles. The predicted octanol–water partition coefficient (Wildman–Crippen LogP) is 20.9. The number of nitrogens with zero attached hydrogens (tertiary/aromatic N) is 1. The first kappa shape index (κ1) is 76.9. The third-order valence-electron chi connectivity index (χ3n) is 14.2. The second-order valence-electron chi connectivity index (χ2n) is 23.1. The highest BCUT2D eigenvalue weighted by Crippen LogP contribution is 2.43. The van der Waals surface area contributed by atoms with Crippen molar-refractivity contribution in [2.45, 2.75) is 283 Å². The predicted molar refractivity (Wildman–Crippen MR) is 350 cm³/mol. The summed E-state index contributed by atoms with van der Waals surface area (Å²) in [4.78, 5) is 23.4. The van der Waals surface area contributed by atoms with Crippen molar-refractivity contribution in [3.63, 3.8) is 0 Å². The molecule has 0 saturated heterocycles. The molecular weight excluding hydrogens is 1010 g/mol. The lowest BCUT2D eigenvalue weighted by Crippen LogP contribution is -2.45. The molecule has 3 N–H and O–H groups in total. The molecule has 80 heavy (non-hydrogen) atoms. The lowest BCUT2D eigenvalue weighted by molar-refractivity contribution is -0.870. The van der Waals surface area contributed by atoms with Crippen LogP contribution in [0.15, 0.2) is 122 Å². The number of likely N-dealkylation sites (N-methyl/N-ethyl adjacent to an activating group) is 1. The zero-order chi connectivity index (χ0) is 58.4. The summed E-state index contributed by atoms with van der Waals surface area (Å²) in [5.74, 6) is -0.198. The molecule has 0 heterocycles. The van der Waals surface area contributed by atoms with Gasteiger partial charge < -0.3 is 19.8 Å². The Morgan fingerprint density at radius 3 is 1.15 bits per heavy atom. The van der Waals surface area contributed by atoms with Gasteiger partial charge in [0, 0.05) is 6.42 Å². The van der Waals surface area contributed by atoms with E-state index in [-0.39, 0.29) is 19.1 Å². The molecule has 3 unspecified atom stereocenters. The highest BCUT2D eigenvalue weighted by molar-refractivity contribution is 7.47. The number of rotatable bonds is 59. The van der Waals surface area contributed by atoms with Crippen LogP contribution in [0.4, 0.5) is 0 Å². The van der Waals surface area contributed by atoms with Gasteiger partial charge in [-0.1, -0.05) is 289 Å². The van der Waals surface area contributed by atoms with Gasteiger partial charge in [-0.2, -0.15) is 0 Å². The first-order valence-electron chi connectivity index (χ1n) is 32.9. The Labute approximate surface area is 494 Å². The lowest BCUT2D eigenvalue weighted by atomic mass is 10.0. The van der Waals surface area contributed by atoms with Gasteiger partial charge in [0.05, 0.1) is 39.9 Å². The number of carbonyl (C=O) groups is 1. The van der Waals surface area contributed by atoms with Gasteiger partial charge in [-0.25, -0.2) is 4.57 Å². The van der Waals surface area contributed by atoms with Gasteiger partial charge >= 0.3 is 7.82 Å². The molecule has 0 aliphatic rings. The van der Waals surface area contributed by atoms with Crippen LogP contribution in [0.3, 0.4) is 0 Å². The van der Waals surface area contributed by atoms with Crippen LogP contribution in [0, 0.1) is 0 Å². The molecule has 1 amide bonds. The Kier molecular flexibility index (Phi) is 58.1. The third kappa shape index (κ3) is 62.5. The maximum Gasteiger partial charge on any atom is 0.472 e. The molecule has 0 radical (unpaired) electrons. The number of aliphatic hydroxyl groups is 1. The summed E-state index contributed by atoms with van der Waals surface area (Å²) < 4.78 is 23.8. The summed E-state index contributed by atoms with van der Waals surface area (Å²) in [6.45, 7) is 4.69. The Hall–Kier alpha value is -3.10. The van der Waals surface area contributed by atoms with Crippen LogP contribution >= 0.6 is 7.82 Å². The molecule has 8 nitrogen and oxygen atoms in total. The second-order valence-corrected chi connectivity index (χ2v) is 24.6. The molecule has 9 heteroatoms. The van der Waals surface area contributed by atoms with Crippen molar-refractivity contribution in [3.8, 4) is 0 Å². The second kappa shape index (κ2) is 60.5. The zero-order valence-electron chi connectivity index (χ0n) is 52.5. The number of amides is 1.